The highest BCUT2D eigenvalue weighted by atomic mass is 16.5. The molecular weight excluding hydrogens is 212 g/mol. The molecule has 17 heavy (non-hydrogen) atoms. The van der Waals surface area contributed by atoms with Gasteiger partial charge in [0.15, 0.2) is 0 Å². The highest BCUT2D eigenvalue weighted by molar-refractivity contribution is 5.17. The van der Waals surface area contributed by atoms with Gasteiger partial charge in [-0.05, 0) is 17.9 Å². The van der Waals surface area contributed by atoms with Crippen LogP contribution in [-0.4, -0.2) is 17.6 Å². The molecule has 96 valence electrons. The summed E-state index contributed by atoms with van der Waals surface area (Å²) in [6, 6.07) is 4.50. The lowest BCUT2D eigenvalue weighted by molar-refractivity contribution is 0.279. The fraction of sp³-hybridized carbons (Fsp3) is 0.643. The first-order chi connectivity index (χ1) is 8.08. The Morgan fingerprint density at radius 2 is 2.00 bits per heavy atom. The van der Waals surface area contributed by atoms with Crippen molar-refractivity contribution in [1.82, 2.24) is 10.3 Å². The van der Waals surface area contributed by atoms with E-state index in [1.807, 2.05) is 12.3 Å². The van der Waals surface area contributed by atoms with Crippen LogP contribution in [0, 0.1) is 5.92 Å². The first-order valence-corrected chi connectivity index (χ1v) is 6.39. The van der Waals surface area contributed by atoms with Gasteiger partial charge < -0.3 is 10.1 Å². The molecule has 0 bridgehead atoms. The van der Waals surface area contributed by atoms with Gasteiger partial charge in [0.1, 0.15) is 0 Å². The molecule has 1 rings (SSSR count). The quantitative estimate of drug-likeness (QED) is 0.790. The van der Waals surface area contributed by atoms with Gasteiger partial charge in [-0.3, -0.25) is 0 Å². The summed E-state index contributed by atoms with van der Waals surface area (Å²) in [5.41, 5.74) is 1.19. The molecular formula is C14H24N2O. The number of nitrogens with one attached hydrogen (secondary N) is 1. The van der Waals surface area contributed by atoms with Crippen molar-refractivity contribution >= 4 is 0 Å². The normalized spacial score (nSPS) is 11.2. The van der Waals surface area contributed by atoms with Gasteiger partial charge in [0.05, 0.1) is 6.61 Å². The van der Waals surface area contributed by atoms with Crippen molar-refractivity contribution in [2.24, 2.45) is 5.92 Å². The Bertz CT molecular complexity index is 307. The summed E-state index contributed by atoms with van der Waals surface area (Å²) in [6.07, 6.45) is 2.94. The van der Waals surface area contributed by atoms with Crippen LogP contribution < -0.4 is 10.1 Å². The van der Waals surface area contributed by atoms with E-state index in [0.717, 1.165) is 25.5 Å². The van der Waals surface area contributed by atoms with Crippen LogP contribution in [-0.2, 0) is 6.54 Å². The van der Waals surface area contributed by atoms with Crippen LogP contribution in [0.4, 0.5) is 0 Å². The monoisotopic (exact) mass is 236 g/mol. The second-order valence-corrected chi connectivity index (χ2v) is 5.07. The van der Waals surface area contributed by atoms with Crippen molar-refractivity contribution in [3.63, 3.8) is 0 Å². The summed E-state index contributed by atoms with van der Waals surface area (Å²) in [5, 5.41) is 3.36. The van der Waals surface area contributed by atoms with Crippen molar-refractivity contribution in [3.8, 4) is 5.88 Å². The van der Waals surface area contributed by atoms with Crippen LogP contribution >= 0.6 is 0 Å². The predicted octanol–water partition coefficient (Wildman–Crippen LogP) is 3.00. The molecule has 0 atom stereocenters. The Balaban J connectivity index is 2.34. The standard InChI is InChI=1S/C14H24N2O/c1-11(2)7-8-17-14-6-5-13(10-16-14)9-15-12(3)4/h5-6,10-12,15H,7-9H2,1-4H3. The maximum atomic E-state index is 5.57. The Labute approximate surface area is 105 Å². The summed E-state index contributed by atoms with van der Waals surface area (Å²) >= 11 is 0. The van der Waals surface area contributed by atoms with E-state index in [1.165, 1.54) is 5.56 Å². The van der Waals surface area contributed by atoms with Crippen molar-refractivity contribution in [3.05, 3.63) is 23.9 Å². The third kappa shape index (κ3) is 6.27. The van der Waals surface area contributed by atoms with E-state index in [2.05, 4.69) is 44.1 Å². The fourth-order valence-electron chi connectivity index (χ4n) is 1.32. The number of nitrogens with zero attached hydrogens (tertiary/aromatic N) is 1. The van der Waals surface area contributed by atoms with Crippen molar-refractivity contribution in [2.75, 3.05) is 6.61 Å². The maximum absolute atomic E-state index is 5.57. The van der Waals surface area contributed by atoms with Gasteiger partial charge in [-0.2, -0.15) is 0 Å². The van der Waals surface area contributed by atoms with Gasteiger partial charge in [-0.25, -0.2) is 4.98 Å². The molecule has 0 spiro atoms. The topological polar surface area (TPSA) is 34.1 Å². The lowest BCUT2D eigenvalue weighted by Gasteiger charge is -2.09. The molecule has 1 aromatic rings. The lowest BCUT2D eigenvalue weighted by Crippen LogP contribution is -2.21. The number of hydrogen-bond donors (Lipinski definition) is 1. The van der Waals surface area contributed by atoms with Crippen LogP contribution in [0.2, 0.25) is 0 Å². The molecule has 0 aliphatic heterocycles. The van der Waals surface area contributed by atoms with E-state index in [1.54, 1.807) is 0 Å². The first-order valence-electron chi connectivity index (χ1n) is 6.39. The number of aromatic nitrogens is 1. The number of hydrogen-bond acceptors (Lipinski definition) is 3. The molecule has 1 N–H and O–H groups in total. The molecule has 3 nitrogen and oxygen atoms in total. The molecule has 0 saturated carbocycles. The highest BCUT2D eigenvalue weighted by Gasteiger charge is 1.99. The minimum absolute atomic E-state index is 0.497. The Hall–Kier alpha value is -1.09. The van der Waals surface area contributed by atoms with Gasteiger partial charge in [-0.15, -0.1) is 0 Å². The number of ether oxygens (including phenoxy) is 1. The minimum Gasteiger partial charge on any atom is -0.478 e. The first kappa shape index (κ1) is 14.0. The van der Waals surface area contributed by atoms with E-state index in [9.17, 15) is 0 Å². The molecule has 0 radical (unpaired) electrons. The molecule has 1 heterocycles. The SMILES string of the molecule is CC(C)CCOc1ccc(CNC(C)C)cn1. The van der Waals surface area contributed by atoms with Crippen LogP contribution in [0.3, 0.4) is 0 Å². The second kappa shape index (κ2) is 7.28. The van der Waals surface area contributed by atoms with Crippen LogP contribution in [0.15, 0.2) is 18.3 Å². The maximum Gasteiger partial charge on any atom is 0.213 e. The van der Waals surface area contributed by atoms with Crippen LogP contribution in [0.1, 0.15) is 39.7 Å². The van der Waals surface area contributed by atoms with Gasteiger partial charge in [-0.1, -0.05) is 33.8 Å². The van der Waals surface area contributed by atoms with Gasteiger partial charge >= 0.3 is 0 Å². The van der Waals surface area contributed by atoms with Gasteiger partial charge in [0, 0.05) is 24.8 Å². The molecule has 0 amide bonds. The summed E-state index contributed by atoms with van der Waals surface area (Å²) in [5.74, 6) is 1.39. The van der Waals surface area contributed by atoms with Crippen molar-refractivity contribution < 1.29 is 4.74 Å². The zero-order valence-corrected chi connectivity index (χ0v) is 11.4. The molecule has 1 aromatic heterocycles. The number of rotatable bonds is 7. The highest BCUT2D eigenvalue weighted by Crippen LogP contribution is 2.09. The third-order valence-corrected chi connectivity index (χ3v) is 2.46. The summed E-state index contributed by atoms with van der Waals surface area (Å²) in [6.45, 7) is 10.3. The molecule has 0 fully saturated rings. The second-order valence-electron chi connectivity index (χ2n) is 5.07. The largest absolute Gasteiger partial charge is 0.478 e. The smallest absolute Gasteiger partial charge is 0.213 e. The number of pyridine rings is 1. The average Bonchev–Trinajstić information content (AvgIpc) is 2.27. The Kier molecular flexibility index (Phi) is 5.98. The minimum atomic E-state index is 0.497. The zero-order valence-electron chi connectivity index (χ0n) is 11.4. The third-order valence-electron chi connectivity index (χ3n) is 2.46. The van der Waals surface area contributed by atoms with Crippen LogP contribution in [0.5, 0.6) is 5.88 Å². The molecule has 0 unspecified atom stereocenters. The zero-order chi connectivity index (χ0) is 12.7. The predicted molar refractivity (Wildman–Crippen MR) is 71.2 cm³/mol. The molecule has 0 aromatic carbocycles. The molecule has 0 saturated heterocycles. The average molecular weight is 236 g/mol. The Morgan fingerprint density at radius 3 is 2.53 bits per heavy atom. The lowest BCUT2D eigenvalue weighted by atomic mass is 10.1. The fourth-order valence-corrected chi connectivity index (χ4v) is 1.32. The molecule has 0 aliphatic rings. The summed E-state index contributed by atoms with van der Waals surface area (Å²) in [4.78, 5) is 4.29. The van der Waals surface area contributed by atoms with E-state index in [4.69, 9.17) is 4.74 Å². The van der Waals surface area contributed by atoms with Crippen LogP contribution in [0.25, 0.3) is 0 Å². The van der Waals surface area contributed by atoms with E-state index < -0.39 is 0 Å². The summed E-state index contributed by atoms with van der Waals surface area (Å²) < 4.78 is 5.57. The van der Waals surface area contributed by atoms with E-state index >= 15 is 0 Å². The molecule has 0 aliphatic carbocycles. The van der Waals surface area contributed by atoms with Crippen molar-refractivity contribution in [1.29, 1.82) is 0 Å². The van der Waals surface area contributed by atoms with E-state index in [-0.39, 0.29) is 0 Å². The Morgan fingerprint density at radius 1 is 1.24 bits per heavy atom. The van der Waals surface area contributed by atoms with Gasteiger partial charge in [0.2, 0.25) is 5.88 Å². The van der Waals surface area contributed by atoms with Crippen molar-refractivity contribution in [2.45, 2.75) is 46.7 Å². The van der Waals surface area contributed by atoms with Gasteiger partial charge in [0.25, 0.3) is 0 Å². The molecule has 3 heteroatoms. The van der Waals surface area contributed by atoms with E-state index in [0.29, 0.717) is 12.0 Å². The summed E-state index contributed by atoms with van der Waals surface area (Å²) in [7, 11) is 0.